The van der Waals surface area contributed by atoms with Gasteiger partial charge in [0.1, 0.15) is 22.5 Å². The lowest BCUT2D eigenvalue weighted by Gasteiger charge is -2.08. The maximum atomic E-state index is 12.1. The number of nitrogens with zero attached hydrogens (tertiary/aromatic N) is 4. The Bertz CT molecular complexity index is 834. The first-order chi connectivity index (χ1) is 11.5. The topological polar surface area (TPSA) is 102 Å². The van der Waals surface area contributed by atoms with Crippen molar-refractivity contribution in [1.82, 2.24) is 9.97 Å². The van der Waals surface area contributed by atoms with E-state index in [-0.39, 0.29) is 11.7 Å². The van der Waals surface area contributed by atoms with Crippen LogP contribution in [0.1, 0.15) is 22.6 Å². The van der Waals surface area contributed by atoms with Gasteiger partial charge in [0, 0.05) is 5.69 Å². The smallest absolute Gasteiger partial charge is 0.234 e. The molecule has 0 saturated heterocycles. The molecule has 0 unspecified atom stereocenters. The molecule has 0 aliphatic carbocycles. The SMILES string of the molecule is Cc1nc(C)c(C#N)c(SCC(=O)Nc2ccc(CC#N)cc2)n1. The second kappa shape index (κ2) is 8.09. The van der Waals surface area contributed by atoms with Crippen molar-refractivity contribution >= 4 is 23.4 Å². The number of hydrogen-bond acceptors (Lipinski definition) is 6. The highest BCUT2D eigenvalue weighted by molar-refractivity contribution is 8.00. The summed E-state index contributed by atoms with van der Waals surface area (Å²) in [6.45, 7) is 3.50. The Kier molecular flexibility index (Phi) is 5.89. The van der Waals surface area contributed by atoms with Gasteiger partial charge in [0.05, 0.1) is 23.9 Å². The summed E-state index contributed by atoms with van der Waals surface area (Å²) >= 11 is 1.21. The van der Waals surface area contributed by atoms with Crippen molar-refractivity contribution in [1.29, 1.82) is 10.5 Å². The zero-order valence-electron chi connectivity index (χ0n) is 13.3. The Morgan fingerprint density at radius 1 is 1.21 bits per heavy atom. The molecule has 0 radical (unpaired) electrons. The van der Waals surface area contributed by atoms with Crippen LogP contribution >= 0.6 is 11.8 Å². The van der Waals surface area contributed by atoms with Crippen molar-refractivity contribution < 1.29 is 4.79 Å². The number of rotatable bonds is 5. The highest BCUT2D eigenvalue weighted by atomic mass is 32.2. The van der Waals surface area contributed by atoms with E-state index in [1.165, 1.54) is 11.8 Å². The molecule has 0 fully saturated rings. The standard InChI is InChI=1S/C17H15N5OS/c1-11-15(9-19)17(21-12(2)20-11)24-10-16(23)22-14-5-3-13(4-6-14)7-8-18/h3-6H,7,10H2,1-2H3,(H,22,23). The minimum Gasteiger partial charge on any atom is -0.325 e. The monoisotopic (exact) mass is 337 g/mol. The number of carbonyl (C=O) groups excluding carboxylic acids is 1. The van der Waals surface area contributed by atoms with Crippen molar-refractivity contribution in [2.75, 3.05) is 11.1 Å². The molecule has 1 heterocycles. The van der Waals surface area contributed by atoms with Crippen LogP contribution in [0.3, 0.4) is 0 Å². The Morgan fingerprint density at radius 2 is 1.92 bits per heavy atom. The molecule has 0 aliphatic rings. The molecule has 0 bridgehead atoms. The summed E-state index contributed by atoms with van der Waals surface area (Å²) in [5.74, 6) is 0.526. The summed E-state index contributed by atoms with van der Waals surface area (Å²) < 4.78 is 0. The molecule has 1 N–H and O–H groups in total. The average molecular weight is 337 g/mol. The number of thioether (sulfide) groups is 1. The third-order valence-corrected chi connectivity index (χ3v) is 4.12. The zero-order valence-corrected chi connectivity index (χ0v) is 14.1. The summed E-state index contributed by atoms with van der Waals surface area (Å²) in [6.07, 6.45) is 0.341. The van der Waals surface area contributed by atoms with Crippen molar-refractivity contribution in [2.24, 2.45) is 0 Å². The molecule has 1 aromatic heterocycles. The first-order valence-electron chi connectivity index (χ1n) is 7.17. The van der Waals surface area contributed by atoms with Gasteiger partial charge in [0.25, 0.3) is 0 Å². The van der Waals surface area contributed by atoms with Crippen molar-refractivity contribution in [2.45, 2.75) is 25.3 Å². The van der Waals surface area contributed by atoms with E-state index >= 15 is 0 Å². The molecule has 120 valence electrons. The predicted molar refractivity (Wildman–Crippen MR) is 91.3 cm³/mol. The van der Waals surface area contributed by atoms with Gasteiger partial charge < -0.3 is 5.32 Å². The number of anilines is 1. The Morgan fingerprint density at radius 3 is 2.54 bits per heavy atom. The number of carbonyl (C=O) groups is 1. The van der Waals surface area contributed by atoms with E-state index < -0.39 is 0 Å². The van der Waals surface area contributed by atoms with E-state index in [2.05, 4.69) is 27.4 Å². The van der Waals surface area contributed by atoms with Crippen LogP contribution in [0.2, 0.25) is 0 Å². The summed E-state index contributed by atoms with van der Waals surface area (Å²) in [6, 6.07) is 11.3. The van der Waals surface area contributed by atoms with E-state index in [1.807, 2.05) is 0 Å². The first-order valence-corrected chi connectivity index (χ1v) is 8.16. The molecule has 7 heteroatoms. The predicted octanol–water partition coefficient (Wildman–Crippen LogP) is 2.76. The summed E-state index contributed by atoms with van der Waals surface area (Å²) in [7, 11) is 0. The fourth-order valence-electron chi connectivity index (χ4n) is 2.04. The van der Waals surface area contributed by atoms with Gasteiger partial charge >= 0.3 is 0 Å². The summed E-state index contributed by atoms with van der Waals surface area (Å²) in [5.41, 5.74) is 2.58. The van der Waals surface area contributed by atoms with Crippen LogP contribution in [0.4, 0.5) is 5.69 Å². The maximum absolute atomic E-state index is 12.1. The highest BCUT2D eigenvalue weighted by Gasteiger charge is 2.12. The van der Waals surface area contributed by atoms with Crippen LogP contribution in [0, 0.1) is 36.5 Å². The van der Waals surface area contributed by atoms with Crippen molar-refractivity contribution in [3.8, 4) is 12.1 Å². The van der Waals surface area contributed by atoms with Gasteiger partial charge in [0.2, 0.25) is 5.91 Å². The first kappa shape index (κ1) is 17.5. The lowest BCUT2D eigenvalue weighted by Crippen LogP contribution is -2.14. The Balaban J connectivity index is 1.99. The fourth-order valence-corrected chi connectivity index (χ4v) is 2.92. The number of aromatic nitrogens is 2. The minimum absolute atomic E-state index is 0.143. The van der Waals surface area contributed by atoms with Gasteiger partial charge in [-0.15, -0.1) is 0 Å². The van der Waals surface area contributed by atoms with Crippen molar-refractivity contribution in [3.05, 3.63) is 46.9 Å². The molecule has 0 spiro atoms. The van der Waals surface area contributed by atoms with Gasteiger partial charge in [-0.05, 0) is 31.5 Å². The summed E-state index contributed by atoms with van der Waals surface area (Å²) in [5, 5.41) is 21.1. The zero-order chi connectivity index (χ0) is 17.5. The van der Waals surface area contributed by atoms with Crippen LogP contribution < -0.4 is 5.32 Å². The third kappa shape index (κ3) is 4.55. The van der Waals surface area contributed by atoms with E-state index in [0.717, 1.165) is 5.56 Å². The Hall–Kier alpha value is -2.90. The molecule has 6 nitrogen and oxygen atoms in total. The van der Waals surface area contributed by atoms with Crippen LogP contribution in [-0.4, -0.2) is 21.6 Å². The van der Waals surface area contributed by atoms with Gasteiger partial charge in [-0.1, -0.05) is 23.9 Å². The van der Waals surface area contributed by atoms with Gasteiger partial charge in [-0.3, -0.25) is 4.79 Å². The van der Waals surface area contributed by atoms with E-state index in [9.17, 15) is 10.1 Å². The Labute approximate surface area is 144 Å². The number of benzene rings is 1. The largest absolute Gasteiger partial charge is 0.325 e. The maximum Gasteiger partial charge on any atom is 0.234 e. The molecule has 0 atom stereocenters. The van der Waals surface area contributed by atoms with E-state index in [1.54, 1.807) is 38.1 Å². The van der Waals surface area contributed by atoms with Crippen LogP contribution in [-0.2, 0) is 11.2 Å². The molecule has 24 heavy (non-hydrogen) atoms. The molecular weight excluding hydrogens is 322 g/mol. The second-order valence-electron chi connectivity index (χ2n) is 5.02. The van der Waals surface area contributed by atoms with Crippen LogP contribution in [0.15, 0.2) is 29.3 Å². The number of aryl methyl sites for hydroxylation is 2. The molecule has 2 aromatic rings. The number of hydrogen-bond donors (Lipinski definition) is 1. The number of amides is 1. The summed E-state index contributed by atoms with van der Waals surface area (Å²) in [4.78, 5) is 20.4. The molecule has 1 aromatic carbocycles. The lowest BCUT2D eigenvalue weighted by molar-refractivity contribution is -0.113. The van der Waals surface area contributed by atoms with Crippen LogP contribution in [0.5, 0.6) is 0 Å². The van der Waals surface area contributed by atoms with Gasteiger partial charge in [0.15, 0.2) is 0 Å². The van der Waals surface area contributed by atoms with Gasteiger partial charge in [-0.25, -0.2) is 9.97 Å². The quantitative estimate of drug-likeness (QED) is 0.665. The van der Waals surface area contributed by atoms with E-state index in [0.29, 0.717) is 34.2 Å². The number of nitriles is 2. The molecule has 2 rings (SSSR count). The third-order valence-electron chi connectivity index (χ3n) is 3.14. The number of nitrogens with one attached hydrogen (secondary N) is 1. The normalized spacial score (nSPS) is 9.83. The van der Waals surface area contributed by atoms with Crippen LogP contribution in [0.25, 0.3) is 0 Å². The van der Waals surface area contributed by atoms with Crippen molar-refractivity contribution in [3.63, 3.8) is 0 Å². The average Bonchev–Trinajstić information content (AvgIpc) is 2.54. The second-order valence-corrected chi connectivity index (χ2v) is 5.98. The van der Waals surface area contributed by atoms with Gasteiger partial charge in [-0.2, -0.15) is 10.5 Å². The molecule has 1 amide bonds. The molecule has 0 saturated carbocycles. The highest BCUT2D eigenvalue weighted by Crippen LogP contribution is 2.22. The minimum atomic E-state index is -0.189. The van der Waals surface area contributed by atoms with E-state index in [4.69, 9.17) is 5.26 Å². The molecule has 0 aliphatic heterocycles. The molecular formula is C17H15N5OS. The fraction of sp³-hybridized carbons (Fsp3) is 0.235. The lowest BCUT2D eigenvalue weighted by atomic mass is 10.1.